The van der Waals surface area contributed by atoms with Crippen LogP contribution < -0.4 is 10.2 Å². The van der Waals surface area contributed by atoms with Gasteiger partial charge in [0.15, 0.2) is 0 Å². The summed E-state index contributed by atoms with van der Waals surface area (Å²) >= 11 is 0. The summed E-state index contributed by atoms with van der Waals surface area (Å²) in [5.74, 6) is -0.982. The maximum atomic E-state index is 12.9. The quantitative estimate of drug-likeness (QED) is 0.697. The van der Waals surface area contributed by atoms with Crippen molar-refractivity contribution in [1.29, 1.82) is 0 Å². The third kappa shape index (κ3) is 4.33. The van der Waals surface area contributed by atoms with E-state index in [1.807, 2.05) is 30.3 Å². The van der Waals surface area contributed by atoms with Crippen molar-refractivity contribution in [2.75, 3.05) is 31.1 Å². The van der Waals surface area contributed by atoms with Crippen molar-refractivity contribution >= 4 is 29.5 Å². The van der Waals surface area contributed by atoms with Crippen molar-refractivity contribution in [1.82, 2.24) is 15.1 Å². The van der Waals surface area contributed by atoms with Gasteiger partial charge in [-0.3, -0.25) is 19.7 Å². The first-order valence-corrected chi connectivity index (χ1v) is 11.5. The molecule has 0 radical (unpaired) electrons. The first-order chi connectivity index (χ1) is 16.5. The van der Waals surface area contributed by atoms with Crippen LogP contribution in [0.3, 0.4) is 0 Å². The summed E-state index contributed by atoms with van der Waals surface area (Å²) in [5, 5.41) is 2.30. The highest BCUT2D eigenvalue weighted by atomic mass is 16.6. The Morgan fingerprint density at radius 2 is 1.76 bits per heavy atom. The molecule has 2 aromatic rings. The third-order valence-corrected chi connectivity index (χ3v) is 6.61. The fraction of sp³-hybridized carbons (Fsp3) is 0.360. The number of benzene rings is 2. The van der Waals surface area contributed by atoms with E-state index < -0.39 is 11.9 Å². The Kier molecular flexibility index (Phi) is 5.91. The number of para-hydroxylation sites is 1. The first kappa shape index (κ1) is 21.9. The molecule has 4 amide bonds. The lowest BCUT2D eigenvalue weighted by Gasteiger charge is -2.35. The smallest absolute Gasteiger partial charge is 0.410 e. The lowest BCUT2D eigenvalue weighted by molar-refractivity contribution is -0.136. The Hall–Kier alpha value is -3.88. The fourth-order valence-corrected chi connectivity index (χ4v) is 4.71. The standard InChI is InChI=1S/C25H26N4O5/c30-22-9-8-21(23(31)26-22)29-15-18-7-6-17(14-20(18)24(29)32)16-34-25(33)28-12-10-27(11-13-28)19-4-2-1-3-5-19/h1-7,14,21H,8-13,15-16H2,(H,26,30,31). The number of hydrogen-bond donors (Lipinski definition) is 1. The van der Waals surface area contributed by atoms with Gasteiger partial charge in [-0.15, -0.1) is 0 Å². The number of amides is 4. The molecule has 9 heteroatoms. The summed E-state index contributed by atoms with van der Waals surface area (Å²) in [4.78, 5) is 54.6. The number of imide groups is 1. The zero-order valence-electron chi connectivity index (χ0n) is 18.7. The van der Waals surface area contributed by atoms with Crippen LogP contribution in [-0.4, -0.2) is 65.8 Å². The van der Waals surface area contributed by atoms with E-state index in [-0.39, 0.29) is 30.9 Å². The molecule has 3 aliphatic rings. The van der Waals surface area contributed by atoms with Gasteiger partial charge in [-0.1, -0.05) is 30.3 Å². The van der Waals surface area contributed by atoms with Gasteiger partial charge in [0.25, 0.3) is 5.91 Å². The number of anilines is 1. The third-order valence-electron chi connectivity index (χ3n) is 6.61. The van der Waals surface area contributed by atoms with Crippen LogP contribution in [0.2, 0.25) is 0 Å². The van der Waals surface area contributed by atoms with Gasteiger partial charge in [0, 0.05) is 50.4 Å². The van der Waals surface area contributed by atoms with E-state index in [4.69, 9.17) is 4.74 Å². The van der Waals surface area contributed by atoms with Gasteiger partial charge >= 0.3 is 6.09 Å². The highest BCUT2D eigenvalue weighted by Gasteiger charge is 2.39. The first-order valence-electron chi connectivity index (χ1n) is 11.5. The van der Waals surface area contributed by atoms with Crippen LogP contribution >= 0.6 is 0 Å². The second-order valence-electron chi connectivity index (χ2n) is 8.76. The Balaban J connectivity index is 1.16. The van der Waals surface area contributed by atoms with E-state index in [2.05, 4.69) is 22.3 Å². The molecule has 1 N–H and O–H groups in total. The number of fused-ring (bicyclic) bond motifs is 1. The van der Waals surface area contributed by atoms with Crippen LogP contribution in [0.1, 0.15) is 34.3 Å². The van der Waals surface area contributed by atoms with Crippen molar-refractivity contribution < 1.29 is 23.9 Å². The normalized spacial score (nSPS) is 20.3. The van der Waals surface area contributed by atoms with E-state index in [9.17, 15) is 19.2 Å². The average molecular weight is 463 g/mol. The lowest BCUT2D eigenvalue weighted by Crippen LogP contribution is -2.52. The summed E-state index contributed by atoms with van der Waals surface area (Å²) in [6.45, 7) is 3.03. The van der Waals surface area contributed by atoms with Crippen LogP contribution in [-0.2, 0) is 27.5 Å². The SMILES string of the molecule is O=C1CCC(N2Cc3ccc(COC(=O)N4CCN(c5ccccc5)CC4)cc3C2=O)C(=O)N1. The van der Waals surface area contributed by atoms with Crippen LogP contribution in [0.25, 0.3) is 0 Å². The number of piperazine rings is 1. The van der Waals surface area contributed by atoms with Gasteiger partial charge < -0.3 is 19.4 Å². The summed E-state index contributed by atoms with van der Waals surface area (Å²) in [6, 6.07) is 14.9. The van der Waals surface area contributed by atoms with Crippen LogP contribution in [0, 0.1) is 0 Å². The maximum Gasteiger partial charge on any atom is 0.410 e. The molecule has 1 atom stereocenters. The molecule has 34 heavy (non-hydrogen) atoms. The molecular formula is C25H26N4O5. The molecule has 2 saturated heterocycles. The van der Waals surface area contributed by atoms with Crippen molar-refractivity contribution in [3.63, 3.8) is 0 Å². The van der Waals surface area contributed by atoms with Crippen molar-refractivity contribution in [3.8, 4) is 0 Å². The second-order valence-corrected chi connectivity index (χ2v) is 8.76. The Morgan fingerprint density at radius 3 is 2.50 bits per heavy atom. The zero-order valence-corrected chi connectivity index (χ0v) is 18.7. The molecule has 0 aliphatic carbocycles. The minimum atomic E-state index is -0.645. The second kappa shape index (κ2) is 9.17. The molecule has 176 valence electrons. The van der Waals surface area contributed by atoms with Gasteiger partial charge in [0.2, 0.25) is 11.8 Å². The maximum absolute atomic E-state index is 12.9. The Bertz CT molecular complexity index is 1130. The Labute approximate surface area is 197 Å². The number of nitrogens with one attached hydrogen (secondary N) is 1. The molecule has 3 heterocycles. The van der Waals surface area contributed by atoms with Crippen molar-refractivity contribution in [3.05, 3.63) is 65.2 Å². The number of ether oxygens (including phenoxy) is 1. The predicted octanol–water partition coefficient (Wildman–Crippen LogP) is 1.91. The molecule has 2 aromatic carbocycles. The molecule has 1 unspecified atom stereocenters. The van der Waals surface area contributed by atoms with Gasteiger partial charge in [0.05, 0.1) is 0 Å². The summed E-state index contributed by atoms with van der Waals surface area (Å²) < 4.78 is 5.52. The lowest BCUT2D eigenvalue weighted by atomic mass is 10.0. The van der Waals surface area contributed by atoms with E-state index >= 15 is 0 Å². The number of piperidine rings is 1. The molecule has 0 bridgehead atoms. The highest BCUT2D eigenvalue weighted by Crippen LogP contribution is 2.28. The number of carbonyl (C=O) groups excluding carboxylic acids is 4. The van der Waals surface area contributed by atoms with E-state index in [0.29, 0.717) is 37.2 Å². The summed E-state index contributed by atoms with van der Waals surface area (Å²) in [5.41, 5.74) is 3.19. The number of hydrogen-bond acceptors (Lipinski definition) is 6. The van der Waals surface area contributed by atoms with Gasteiger partial charge in [0.1, 0.15) is 12.6 Å². The molecule has 5 rings (SSSR count). The van der Waals surface area contributed by atoms with Crippen LogP contribution in [0.5, 0.6) is 0 Å². The number of carbonyl (C=O) groups is 4. The molecule has 3 aliphatic heterocycles. The topological polar surface area (TPSA) is 99.3 Å². The molecule has 9 nitrogen and oxygen atoms in total. The summed E-state index contributed by atoms with van der Waals surface area (Å²) in [6.07, 6.45) is 0.175. The fourth-order valence-electron chi connectivity index (χ4n) is 4.71. The monoisotopic (exact) mass is 462 g/mol. The van der Waals surface area contributed by atoms with Crippen molar-refractivity contribution in [2.24, 2.45) is 0 Å². The molecule has 2 fully saturated rings. The van der Waals surface area contributed by atoms with Gasteiger partial charge in [-0.05, 0) is 35.7 Å². The minimum absolute atomic E-state index is 0.0662. The van der Waals surface area contributed by atoms with E-state index in [0.717, 1.165) is 24.3 Å². The van der Waals surface area contributed by atoms with Gasteiger partial charge in [-0.25, -0.2) is 4.79 Å². The van der Waals surface area contributed by atoms with Crippen LogP contribution in [0.4, 0.5) is 10.5 Å². The minimum Gasteiger partial charge on any atom is -0.445 e. The van der Waals surface area contributed by atoms with E-state index in [1.54, 1.807) is 11.0 Å². The van der Waals surface area contributed by atoms with Crippen molar-refractivity contribution in [2.45, 2.75) is 32.0 Å². The van der Waals surface area contributed by atoms with E-state index in [1.165, 1.54) is 4.90 Å². The molecule has 0 saturated carbocycles. The van der Waals surface area contributed by atoms with Gasteiger partial charge in [-0.2, -0.15) is 0 Å². The number of rotatable bonds is 4. The molecule has 0 spiro atoms. The molecule has 0 aromatic heterocycles. The number of nitrogens with zero attached hydrogens (tertiary/aromatic N) is 3. The zero-order chi connectivity index (χ0) is 23.7. The predicted molar refractivity (Wildman–Crippen MR) is 123 cm³/mol. The molecular weight excluding hydrogens is 436 g/mol. The summed E-state index contributed by atoms with van der Waals surface area (Å²) in [7, 11) is 0. The Morgan fingerprint density at radius 1 is 1.00 bits per heavy atom. The van der Waals surface area contributed by atoms with Crippen LogP contribution in [0.15, 0.2) is 48.5 Å². The largest absolute Gasteiger partial charge is 0.445 e. The average Bonchev–Trinajstić information content (AvgIpc) is 3.18. The highest BCUT2D eigenvalue weighted by molar-refractivity contribution is 6.05.